The molecule has 4 nitrogen and oxygen atoms in total. The number of hydrogen-bond donors (Lipinski definition) is 1. The molecule has 0 radical (unpaired) electrons. The number of amides is 1. The number of nitrogens with one attached hydrogen (secondary N) is 1. The summed E-state index contributed by atoms with van der Waals surface area (Å²) in [6, 6.07) is 13.7. The van der Waals surface area contributed by atoms with E-state index in [0.717, 1.165) is 12.0 Å². The minimum Gasteiger partial charge on any atom is -0.462 e. The second-order valence-corrected chi connectivity index (χ2v) is 5.52. The van der Waals surface area contributed by atoms with E-state index in [4.69, 9.17) is 16.3 Å². The van der Waals surface area contributed by atoms with Gasteiger partial charge in [0.2, 0.25) is 5.91 Å². The normalized spacial score (nSPS) is 10.6. The minimum atomic E-state index is -0.364. The van der Waals surface area contributed by atoms with Gasteiger partial charge in [-0.15, -0.1) is 0 Å². The molecule has 2 aromatic carbocycles. The first kappa shape index (κ1) is 17.8. The number of halogens is 1. The number of carbonyl (C=O) groups excluding carboxylic acids is 2. The lowest BCUT2D eigenvalue weighted by Gasteiger charge is -2.05. The Balaban J connectivity index is 1.92. The van der Waals surface area contributed by atoms with Crippen molar-refractivity contribution in [1.82, 2.24) is 0 Å². The summed E-state index contributed by atoms with van der Waals surface area (Å²) < 4.78 is 5.05. The van der Waals surface area contributed by atoms with Gasteiger partial charge in [0.1, 0.15) is 0 Å². The summed E-state index contributed by atoms with van der Waals surface area (Å²) in [7, 11) is 0. The van der Waals surface area contributed by atoms with Crippen molar-refractivity contribution < 1.29 is 14.3 Å². The third-order valence-electron chi connectivity index (χ3n) is 3.12. The van der Waals surface area contributed by atoms with Crippen LogP contribution in [0.25, 0.3) is 6.08 Å². The van der Waals surface area contributed by atoms with E-state index < -0.39 is 0 Å². The van der Waals surface area contributed by atoms with Gasteiger partial charge in [0.05, 0.1) is 12.2 Å². The van der Waals surface area contributed by atoms with Gasteiger partial charge in [0, 0.05) is 16.8 Å². The van der Waals surface area contributed by atoms with E-state index >= 15 is 0 Å². The molecule has 0 aromatic heterocycles. The molecule has 0 atom stereocenters. The van der Waals surface area contributed by atoms with E-state index in [9.17, 15) is 9.59 Å². The molecule has 5 heteroatoms. The second-order valence-electron chi connectivity index (χ2n) is 5.09. The monoisotopic (exact) mass is 343 g/mol. The quantitative estimate of drug-likeness (QED) is 0.618. The Morgan fingerprint density at radius 1 is 1.08 bits per heavy atom. The predicted molar refractivity (Wildman–Crippen MR) is 96.1 cm³/mol. The van der Waals surface area contributed by atoms with E-state index in [2.05, 4.69) is 5.32 Å². The van der Waals surface area contributed by atoms with Crippen LogP contribution in [0.4, 0.5) is 5.69 Å². The molecule has 1 amide bonds. The van der Waals surface area contributed by atoms with Gasteiger partial charge < -0.3 is 10.1 Å². The van der Waals surface area contributed by atoms with E-state index in [-0.39, 0.29) is 11.9 Å². The summed E-state index contributed by atoms with van der Waals surface area (Å²) in [4.78, 5) is 23.6. The van der Waals surface area contributed by atoms with Crippen molar-refractivity contribution in [2.45, 2.75) is 13.3 Å². The summed E-state index contributed by atoms with van der Waals surface area (Å²) in [5, 5.41) is 3.38. The fraction of sp³-hybridized carbons (Fsp3) is 0.158. The van der Waals surface area contributed by atoms with Crippen LogP contribution in [0, 0.1) is 0 Å². The maximum Gasteiger partial charge on any atom is 0.338 e. The molecule has 0 saturated heterocycles. The number of anilines is 1. The molecule has 0 spiro atoms. The molecule has 0 aliphatic carbocycles. The number of ether oxygens (including phenoxy) is 1. The van der Waals surface area contributed by atoms with Crippen LogP contribution in [-0.2, 0) is 9.53 Å². The lowest BCUT2D eigenvalue weighted by atomic mass is 10.2. The molecular weight excluding hydrogens is 326 g/mol. The van der Waals surface area contributed by atoms with Gasteiger partial charge in [-0.3, -0.25) is 4.79 Å². The molecule has 2 rings (SSSR count). The van der Waals surface area contributed by atoms with Gasteiger partial charge in [-0.1, -0.05) is 30.7 Å². The average Bonchev–Trinajstić information content (AvgIpc) is 2.60. The minimum absolute atomic E-state index is 0.258. The van der Waals surface area contributed by atoms with Crippen molar-refractivity contribution in [3.63, 3.8) is 0 Å². The highest BCUT2D eigenvalue weighted by Gasteiger charge is 2.06. The summed E-state index contributed by atoms with van der Waals surface area (Å²) >= 11 is 5.81. The number of carbonyl (C=O) groups is 2. The SMILES string of the molecule is CCCOC(=O)c1ccc(NC(=O)C=Cc2ccc(Cl)cc2)cc1. The highest BCUT2D eigenvalue weighted by Crippen LogP contribution is 2.12. The smallest absolute Gasteiger partial charge is 0.338 e. The van der Waals surface area contributed by atoms with Crippen LogP contribution in [0.2, 0.25) is 5.02 Å². The maximum absolute atomic E-state index is 11.9. The van der Waals surface area contributed by atoms with Crippen LogP contribution in [0.3, 0.4) is 0 Å². The summed E-state index contributed by atoms with van der Waals surface area (Å²) in [6.07, 6.45) is 3.91. The second kappa shape index (κ2) is 8.89. The van der Waals surface area contributed by atoms with Crippen molar-refractivity contribution in [2.75, 3.05) is 11.9 Å². The Bertz CT molecular complexity index is 721. The van der Waals surface area contributed by atoms with Crippen LogP contribution >= 0.6 is 11.6 Å². The first-order valence-electron chi connectivity index (χ1n) is 7.60. The zero-order valence-corrected chi connectivity index (χ0v) is 14.0. The number of hydrogen-bond acceptors (Lipinski definition) is 3. The molecule has 0 unspecified atom stereocenters. The van der Waals surface area contributed by atoms with Crippen LogP contribution in [-0.4, -0.2) is 18.5 Å². The summed E-state index contributed by atoms with van der Waals surface area (Å²) in [5.74, 6) is -0.622. The van der Waals surface area contributed by atoms with Gasteiger partial charge in [-0.2, -0.15) is 0 Å². The van der Waals surface area contributed by atoms with Crippen molar-refractivity contribution in [1.29, 1.82) is 0 Å². The molecule has 0 heterocycles. The first-order valence-corrected chi connectivity index (χ1v) is 7.98. The number of esters is 1. The third kappa shape index (κ3) is 5.56. The molecule has 0 aliphatic heterocycles. The van der Waals surface area contributed by atoms with E-state index in [0.29, 0.717) is 22.9 Å². The van der Waals surface area contributed by atoms with Crippen LogP contribution in [0.5, 0.6) is 0 Å². The first-order chi connectivity index (χ1) is 11.6. The van der Waals surface area contributed by atoms with Crippen molar-refractivity contribution >= 4 is 35.2 Å². The zero-order chi connectivity index (χ0) is 17.4. The van der Waals surface area contributed by atoms with Crippen molar-refractivity contribution in [3.05, 3.63) is 70.8 Å². The number of rotatable bonds is 6. The molecule has 24 heavy (non-hydrogen) atoms. The van der Waals surface area contributed by atoms with E-state index in [1.54, 1.807) is 42.5 Å². The average molecular weight is 344 g/mol. The largest absolute Gasteiger partial charge is 0.462 e. The predicted octanol–water partition coefficient (Wildman–Crippen LogP) is 4.56. The Labute approximate surface area is 146 Å². The lowest BCUT2D eigenvalue weighted by molar-refractivity contribution is -0.111. The lowest BCUT2D eigenvalue weighted by Crippen LogP contribution is -2.09. The maximum atomic E-state index is 11.9. The highest BCUT2D eigenvalue weighted by molar-refractivity contribution is 6.30. The topological polar surface area (TPSA) is 55.4 Å². The van der Waals surface area contributed by atoms with Gasteiger partial charge in [0.15, 0.2) is 0 Å². The van der Waals surface area contributed by atoms with Gasteiger partial charge in [0.25, 0.3) is 0 Å². The fourth-order valence-electron chi connectivity index (χ4n) is 1.90. The molecule has 0 aliphatic rings. The number of benzene rings is 2. The molecule has 124 valence electrons. The molecule has 2 aromatic rings. The van der Waals surface area contributed by atoms with Crippen LogP contribution < -0.4 is 5.32 Å². The van der Waals surface area contributed by atoms with Gasteiger partial charge >= 0.3 is 5.97 Å². The van der Waals surface area contributed by atoms with Crippen LogP contribution in [0.15, 0.2) is 54.6 Å². The zero-order valence-electron chi connectivity index (χ0n) is 13.3. The van der Waals surface area contributed by atoms with Gasteiger partial charge in [-0.25, -0.2) is 4.79 Å². The Kier molecular flexibility index (Phi) is 6.58. The van der Waals surface area contributed by atoms with Crippen molar-refractivity contribution in [2.24, 2.45) is 0 Å². The standard InChI is InChI=1S/C19H18ClNO3/c1-2-13-24-19(23)15-6-10-17(11-7-15)21-18(22)12-5-14-3-8-16(20)9-4-14/h3-12H,2,13H2,1H3,(H,21,22). The molecular formula is C19H18ClNO3. The Hall–Kier alpha value is -2.59. The van der Waals surface area contributed by atoms with E-state index in [1.165, 1.54) is 6.08 Å². The Morgan fingerprint density at radius 3 is 2.38 bits per heavy atom. The summed E-state index contributed by atoms with van der Waals surface area (Å²) in [5.41, 5.74) is 1.94. The van der Waals surface area contributed by atoms with Crippen molar-refractivity contribution in [3.8, 4) is 0 Å². The molecule has 0 bridgehead atoms. The fourth-order valence-corrected chi connectivity index (χ4v) is 2.02. The van der Waals surface area contributed by atoms with Gasteiger partial charge in [-0.05, 0) is 54.5 Å². The Morgan fingerprint density at radius 2 is 1.75 bits per heavy atom. The van der Waals surface area contributed by atoms with E-state index in [1.807, 2.05) is 19.1 Å². The third-order valence-corrected chi connectivity index (χ3v) is 3.37. The molecule has 0 saturated carbocycles. The van der Waals surface area contributed by atoms with Crippen LogP contribution in [0.1, 0.15) is 29.3 Å². The molecule has 0 fully saturated rings. The highest BCUT2D eigenvalue weighted by atomic mass is 35.5. The molecule has 1 N–H and O–H groups in total. The summed E-state index contributed by atoms with van der Waals surface area (Å²) in [6.45, 7) is 2.33.